The van der Waals surface area contributed by atoms with Gasteiger partial charge in [0, 0.05) is 12.8 Å². The fraction of sp³-hybridized carbons (Fsp3) is 0.556. The van der Waals surface area contributed by atoms with Gasteiger partial charge in [0.25, 0.3) is 11.8 Å². The first kappa shape index (κ1) is 12.5. The van der Waals surface area contributed by atoms with E-state index in [-0.39, 0.29) is 12.8 Å². The van der Waals surface area contributed by atoms with Crippen molar-refractivity contribution < 1.29 is 29.1 Å². The molecule has 16 heavy (non-hydrogen) atoms. The molecule has 2 radical (unpaired) electrons. The van der Waals surface area contributed by atoms with Gasteiger partial charge in [0.15, 0.2) is 11.9 Å². The van der Waals surface area contributed by atoms with Gasteiger partial charge in [-0.1, -0.05) is 0 Å². The van der Waals surface area contributed by atoms with Crippen molar-refractivity contribution in [2.45, 2.75) is 25.4 Å². The molecule has 1 saturated heterocycles. The van der Waals surface area contributed by atoms with Gasteiger partial charge in [0.1, 0.15) is 6.61 Å². The number of imide groups is 1. The number of amides is 2. The molecular formula is C9H9NO6. The van der Waals surface area contributed by atoms with Gasteiger partial charge in [-0.05, 0) is 0 Å². The van der Waals surface area contributed by atoms with E-state index < -0.39 is 36.7 Å². The normalized spacial score (nSPS) is 17.7. The van der Waals surface area contributed by atoms with Crippen LogP contribution < -0.4 is 0 Å². The monoisotopic (exact) mass is 227 g/mol. The second-order valence-corrected chi connectivity index (χ2v) is 3.14. The largest absolute Gasteiger partial charge is 0.294 e. The van der Waals surface area contributed by atoms with E-state index in [0.29, 0.717) is 5.06 Å². The summed E-state index contributed by atoms with van der Waals surface area (Å²) in [5.74, 6) is -2.06. The molecule has 0 N–H and O–H groups in total. The highest BCUT2D eigenvalue weighted by atomic mass is 16.7. The van der Waals surface area contributed by atoms with Crippen molar-refractivity contribution in [3.8, 4) is 0 Å². The quantitative estimate of drug-likeness (QED) is 0.538. The Morgan fingerprint density at radius 2 is 1.94 bits per heavy atom. The van der Waals surface area contributed by atoms with Gasteiger partial charge >= 0.3 is 0 Å². The van der Waals surface area contributed by atoms with Crippen LogP contribution in [0.25, 0.3) is 0 Å². The first-order valence-corrected chi connectivity index (χ1v) is 4.58. The average molecular weight is 227 g/mol. The topological polar surface area (TPSA) is 101 Å². The summed E-state index contributed by atoms with van der Waals surface area (Å²) in [7, 11) is 0. The van der Waals surface area contributed by atoms with Crippen LogP contribution in [-0.4, -0.2) is 41.7 Å². The highest BCUT2D eigenvalue weighted by Gasteiger charge is 2.34. The summed E-state index contributed by atoms with van der Waals surface area (Å²) in [6.07, 6.45) is -0.469. The number of nitrogens with zero attached hydrogens (tertiary/aromatic N) is 1. The van der Waals surface area contributed by atoms with E-state index in [1.165, 1.54) is 6.29 Å². The fourth-order valence-corrected chi connectivity index (χ4v) is 1.18. The summed E-state index contributed by atoms with van der Waals surface area (Å²) in [6.45, 7) is -1.08. The van der Waals surface area contributed by atoms with Crippen LogP contribution in [-0.2, 0) is 29.1 Å². The van der Waals surface area contributed by atoms with Gasteiger partial charge in [-0.25, -0.2) is 5.11 Å². The van der Waals surface area contributed by atoms with Crippen LogP contribution in [0.3, 0.4) is 0 Å². The molecule has 0 aromatic rings. The zero-order chi connectivity index (χ0) is 12.1. The second-order valence-electron chi connectivity index (χ2n) is 3.14. The smallest absolute Gasteiger partial charge is 0.254 e. The van der Waals surface area contributed by atoms with Crippen molar-refractivity contribution in [1.29, 1.82) is 0 Å². The maximum absolute atomic E-state index is 11.1. The molecule has 0 aromatic carbocycles. The number of hydrogen-bond donors (Lipinski definition) is 0. The lowest BCUT2D eigenvalue weighted by Crippen LogP contribution is -2.38. The van der Waals surface area contributed by atoms with E-state index >= 15 is 0 Å². The summed E-state index contributed by atoms with van der Waals surface area (Å²) in [4.78, 5) is 48.2. The molecule has 1 aliphatic rings. The summed E-state index contributed by atoms with van der Waals surface area (Å²) in [5, 5.41) is 10.8. The Bertz CT molecular complexity index is 310. The molecule has 0 aromatic heterocycles. The van der Waals surface area contributed by atoms with Crippen LogP contribution in [0.1, 0.15) is 19.3 Å². The van der Waals surface area contributed by atoms with Crippen molar-refractivity contribution in [1.82, 2.24) is 5.06 Å². The van der Waals surface area contributed by atoms with Crippen molar-refractivity contribution in [2.75, 3.05) is 6.61 Å². The number of hydroxylamine groups is 2. The third kappa shape index (κ3) is 2.71. The van der Waals surface area contributed by atoms with Gasteiger partial charge in [-0.2, -0.15) is 5.06 Å². The lowest BCUT2D eigenvalue weighted by Gasteiger charge is -2.18. The minimum Gasteiger partial charge on any atom is -0.294 e. The number of rotatable bonds is 6. The standard InChI is InChI=1S/C9H9NO6/c11-4-3-7(6(13)5-12)16-10-8(14)1-2-9(10)15/h7H,1-3,5H2. The first-order chi connectivity index (χ1) is 7.60. The third-order valence-corrected chi connectivity index (χ3v) is 2.01. The lowest BCUT2D eigenvalue weighted by molar-refractivity contribution is -0.202. The molecule has 1 rings (SSSR count). The summed E-state index contributed by atoms with van der Waals surface area (Å²) in [6, 6.07) is 0. The molecule has 1 fully saturated rings. The Labute approximate surface area is 90.9 Å². The van der Waals surface area contributed by atoms with E-state index in [1.54, 1.807) is 0 Å². The highest BCUT2D eigenvalue weighted by Crippen LogP contribution is 2.15. The summed E-state index contributed by atoms with van der Waals surface area (Å²) < 4.78 is 0. The molecule has 1 unspecified atom stereocenters. The molecule has 7 heteroatoms. The molecule has 1 atom stereocenters. The molecule has 0 aliphatic carbocycles. The van der Waals surface area contributed by atoms with Gasteiger partial charge in [-0.15, -0.1) is 0 Å². The minimum atomic E-state index is -1.40. The Morgan fingerprint density at radius 1 is 1.38 bits per heavy atom. The Balaban J connectivity index is 2.67. The van der Waals surface area contributed by atoms with Gasteiger partial charge in [0.2, 0.25) is 6.29 Å². The molecule has 2 amide bonds. The third-order valence-electron chi connectivity index (χ3n) is 2.01. The maximum Gasteiger partial charge on any atom is 0.254 e. The molecule has 7 nitrogen and oxygen atoms in total. The van der Waals surface area contributed by atoms with Crippen molar-refractivity contribution in [2.24, 2.45) is 0 Å². The molecule has 1 aliphatic heterocycles. The predicted molar refractivity (Wildman–Crippen MR) is 46.8 cm³/mol. The zero-order valence-corrected chi connectivity index (χ0v) is 8.30. The number of carbonyl (C=O) groups excluding carboxylic acids is 4. The molecular weight excluding hydrogens is 218 g/mol. The molecule has 86 valence electrons. The second kappa shape index (κ2) is 5.47. The van der Waals surface area contributed by atoms with E-state index in [2.05, 4.69) is 0 Å². The van der Waals surface area contributed by atoms with Crippen LogP contribution >= 0.6 is 0 Å². The number of Topliss-reactive ketones (excluding diaryl/α,β-unsaturated/α-hetero) is 1. The summed E-state index contributed by atoms with van der Waals surface area (Å²) in [5.41, 5.74) is 0. The molecule has 0 saturated carbocycles. The Kier molecular flexibility index (Phi) is 4.27. The van der Waals surface area contributed by atoms with E-state index in [9.17, 15) is 24.3 Å². The van der Waals surface area contributed by atoms with Crippen LogP contribution in [0.5, 0.6) is 0 Å². The average Bonchev–Trinajstić information content (AvgIpc) is 2.58. The van der Waals surface area contributed by atoms with Gasteiger partial charge < -0.3 is 0 Å². The van der Waals surface area contributed by atoms with Crippen LogP contribution in [0.4, 0.5) is 0 Å². The maximum atomic E-state index is 11.1. The Hall–Kier alpha value is -1.60. The first-order valence-electron chi connectivity index (χ1n) is 4.58. The van der Waals surface area contributed by atoms with Crippen molar-refractivity contribution in [3.63, 3.8) is 0 Å². The number of hydrogen-bond acceptors (Lipinski definition) is 5. The van der Waals surface area contributed by atoms with Crippen LogP contribution in [0, 0.1) is 0 Å². The number of ketones is 1. The number of carbonyl (C=O) groups is 3. The zero-order valence-electron chi connectivity index (χ0n) is 8.30. The summed E-state index contributed by atoms with van der Waals surface area (Å²) >= 11 is 0. The van der Waals surface area contributed by atoms with E-state index in [4.69, 9.17) is 4.84 Å². The molecule has 1 heterocycles. The molecule has 0 bridgehead atoms. The van der Waals surface area contributed by atoms with Gasteiger partial charge in [-0.3, -0.25) is 24.0 Å². The minimum absolute atomic E-state index is 0.00191. The van der Waals surface area contributed by atoms with Crippen molar-refractivity contribution in [3.05, 3.63) is 0 Å². The molecule has 0 spiro atoms. The lowest BCUT2D eigenvalue weighted by atomic mass is 10.2. The predicted octanol–water partition coefficient (Wildman–Crippen LogP) is -1.07. The van der Waals surface area contributed by atoms with Crippen LogP contribution in [0.2, 0.25) is 0 Å². The van der Waals surface area contributed by atoms with Gasteiger partial charge in [0.05, 0.1) is 6.42 Å². The van der Waals surface area contributed by atoms with E-state index in [1.807, 2.05) is 0 Å². The fourth-order valence-electron chi connectivity index (χ4n) is 1.18. The van der Waals surface area contributed by atoms with E-state index in [0.717, 1.165) is 0 Å². The SMILES string of the molecule is [O]CC(=O)C(C[C]=O)ON1C(=O)CCC1=O. The Morgan fingerprint density at radius 3 is 2.38 bits per heavy atom. The van der Waals surface area contributed by atoms with Crippen molar-refractivity contribution >= 4 is 23.9 Å². The van der Waals surface area contributed by atoms with Crippen LogP contribution in [0.15, 0.2) is 0 Å². The highest BCUT2D eigenvalue weighted by molar-refractivity contribution is 6.01.